The summed E-state index contributed by atoms with van der Waals surface area (Å²) in [5.74, 6) is 0.810. The Hall–Kier alpha value is -2.60. The molecule has 6 heteroatoms. The van der Waals surface area contributed by atoms with Crippen molar-refractivity contribution in [1.82, 2.24) is 14.8 Å². The van der Waals surface area contributed by atoms with Crippen molar-refractivity contribution in [2.75, 3.05) is 31.7 Å². The number of pyridine rings is 1. The number of aromatic nitrogens is 3. The number of aryl methyl sites for hydroxylation is 3. The van der Waals surface area contributed by atoms with Gasteiger partial charge in [0.05, 0.1) is 32.1 Å². The molecule has 0 aliphatic carbocycles. The van der Waals surface area contributed by atoms with E-state index in [-0.39, 0.29) is 6.10 Å². The average Bonchev–Trinajstić information content (AvgIpc) is 2.97. The number of anilines is 1. The van der Waals surface area contributed by atoms with Crippen molar-refractivity contribution in [3.63, 3.8) is 0 Å². The first-order chi connectivity index (χ1) is 13.0. The zero-order valence-corrected chi connectivity index (χ0v) is 16.4. The summed E-state index contributed by atoms with van der Waals surface area (Å²) in [5.41, 5.74) is 5.31. The highest BCUT2D eigenvalue weighted by molar-refractivity contribution is 5.95. The Morgan fingerprint density at radius 2 is 2.04 bits per heavy atom. The number of para-hydroxylation sites is 1. The maximum atomic E-state index is 6.04. The van der Waals surface area contributed by atoms with Gasteiger partial charge in [-0.25, -0.2) is 4.98 Å². The maximum Gasteiger partial charge on any atom is 0.145 e. The topological polar surface area (TPSA) is 52.4 Å². The van der Waals surface area contributed by atoms with Crippen molar-refractivity contribution >= 4 is 16.6 Å². The molecule has 0 N–H and O–H groups in total. The number of morpholine rings is 1. The van der Waals surface area contributed by atoms with E-state index in [9.17, 15) is 0 Å². The van der Waals surface area contributed by atoms with Crippen molar-refractivity contribution < 1.29 is 9.47 Å². The van der Waals surface area contributed by atoms with E-state index in [1.165, 1.54) is 11.4 Å². The molecular formula is C21H26N4O2. The van der Waals surface area contributed by atoms with Crippen LogP contribution in [-0.2, 0) is 11.3 Å². The molecule has 1 aliphatic heterocycles. The smallest absolute Gasteiger partial charge is 0.145 e. The van der Waals surface area contributed by atoms with Crippen molar-refractivity contribution in [3.05, 3.63) is 47.4 Å². The molecule has 142 valence electrons. The van der Waals surface area contributed by atoms with Crippen LogP contribution in [-0.4, -0.2) is 47.7 Å². The summed E-state index contributed by atoms with van der Waals surface area (Å²) in [4.78, 5) is 7.11. The van der Waals surface area contributed by atoms with Gasteiger partial charge in [0.25, 0.3) is 0 Å². The van der Waals surface area contributed by atoms with Crippen LogP contribution in [0.25, 0.3) is 10.9 Å². The molecule has 3 aromatic rings. The number of ether oxygens (including phenoxy) is 2. The second-order valence-corrected chi connectivity index (χ2v) is 7.19. The Kier molecular flexibility index (Phi) is 4.74. The van der Waals surface area contributed by atoms with Crippen molar-refractivity contribution in [2.24, 2.45) is 0 Å². The third-order valence-electron chi connectivity index (χ3n) is 5.09. The van der Waals surface area contributed by atoms with E-state index >= 15 is 0 Å². The lowest BCUT2D eigenvalue weighted by atomic mass is 10.1. The summed E-state index contributed by atoms with van der Waals surface area (Å²) < 4.78 is 13.6. The molecule has 0 saturated carbocycles. The highest BCUT2D eigenvalue weighted by Gasteiger charge is 2.24. The second kappa shape index (κ2) is 7.19. The lowest BCUT2D eigenvalue weighted by Gasteiger charge is -2.35. The number of nitrogens with zero attached hydrogens (tertiary/aromatic N) is 4. The summed E-state index contributed by atoms with van der Waals surface area (Å²) in [7, 11) is 1.69. The van der Waals surface area contributed by atoms with Crippen molar-refractivity contribution in [2.45, 2.75) is 33.4 Å². The molecule has 6 nitrogen and oxygen atoms in total. The molecule has 0 spiro atoms. The van der Waals surface area contributed by atoms with Crippen molar-refractivity contribution in [1.29, 1.82) is 0 Å². The fraction of sp³-hybridized carbons (Fsp3) is 0.429. The predicted octanol–water partition coefficient (Wildman–Crippen LogP) is 3.27. The fourth-order valence-electron chi connectivity index (χ4n) is 3.86. The van der Waals surface area contributed by atoms with Gasteiger partial charge in [-0.15, -0.1) is 0 Å². The maximum absolute atomic E-state index is 6.04. The van der Waals surface area contributed by atoms with Crippen LogP contribution in [0.1, 0.15) is 17.1 Å². The molecular weight excluding hydrogens is 340 g/mol. The van der Waals surface area contributed by atoms with Crippen LogP contribution in [0.2, 0.25) is 0 Å². The van der Waals surface area contributed by atoms with Crippen molar-refractivity contribution in [3.8, 4) is 5.75 Å². The van der Waals surface area contributed by atoms with Gasteiger partial charge in [-0.05, 0) is 39.0 Å². The van der Waals surface area contributed by atoms with Gasteiger partial charge in [-0.1, -0.05) is 12.1 Å². The van der Waals surface area contributed by atoms with E-state index in [0.717, 1.165) is 47.7 Å². The van der Waals surface area contributed by atoms with Gasteiger partial charge in [0.1, 0.15) is 11.3 Å². The zero-order valence-electron chi connectivity index (χ0n) is 16.4. The minimum Gasteiger partial charge on any atom is -0.494 e. The highest BCUT2D eigenvalue weighted by Crippen LogP contribution is 2.33. The van der Waals surface area contributed by atoms with Crippen LogP contribution in [0.4, 0.5) is 5.69 Å². The van der Waals surface area contributed by atoms with Crippen LogP contribution in [0.3, 0.4) is 0 Å². The lowest BCUT2D eigenvalue weighted by molar-refractivity contribution is 0.0271. The summed E-state index contributed by atoms with van der Waals surface area (Å²) in [6.07, 6.45) is 0.103. The van der Waals surface area contributed by atoms with Gasteiger partial charge >= 0.3 is 0 Å². The van der Waals surface area contributed by atoms with Gasteiger partial charge in [-0.3, -0.25) is 4.68 Å². The normalized spacial score (nSPS) is 17.5. The van der Waals surface area contributed by atoms with Gasteiger partial charge in [0.2, 0.25) is 0 Å². The molecule has 1 aliphatic rings. The van der Waals surface area contributed by atoms with Crippen LogP contribution >= 0.6 is 0 Å². The first kappa shape index (κ1) is 17.8. The second-order valence-electron chi connectivity index (χ2n) is 7.19. The molecule has 3 heterocycles. The summed E-state index contributed by atoms with van der Waals surface area (Å²) >= 11 is 0. The third kappa shape index (κ3) is 3.49. The third-order valence-corrected chi connectivity index (χ3v) is 5.09. The minimum absolute atomic E-state index is 0.103. The van der Waals surface area contributed by atoms with E-state index in [4.69, 9.17) is 14.5 Å². The standard InChI is InChI=1S/C21H26N4O2/c1-14-11-19(18-6-5-7-20(26-4)21(18)22-14)24-8-9-27-17(12-24)13-25-16(3)10-15(2)23-25/h5-7,10-11,17H,8-9,12-13H2,1-4H3. The summed E-state index contributed by atoms with van der Waals surface area (Å²) in [5, 5.41) is 5.70. The van der Waals surface area contributed by atoms with Gasteiger partial charge in [-0.2, -0.15) is 5.10 Å². The van der Waals surface area contributed by atoms with E-state index in [1.54, 1.807) is 7.11 Å². The largest absolute Gasteiger partial charge is 0.494 e. The number of rotatable bonds is 4. The van der Waals surface area contributed by atoms with Crippen LogP contribution < -0.4 is 9.64 Å². The Morgan fingerprint density at radius 3 is 2.78 bits per heavy atom. The number of benzene rings is 1. The van der Waals surface area contributed by atoms with Gasteiger partial charge in [0, 0.05) is 35.6 Å². The molecule has 27 heavy (non-hydrogen) atoms. The van der Waals surface area contributed by atoms with Gasteiger partial charge in [0.15, 0.2) is 0 Å². The van der Waals surface area contributed by atoms with Crippen LogP contribution in [0, 0.1) is 20.8 Å². The molecule has 2 aromatic heterocycles. The zero-order chi connectivity index (χ0) is 19.0. The summed E-state index contributed by atoms with van der Waals surface area (Å²) in [6, 6.07) is 10.4. The molecule has 1 unspecified atom stereocenters. The Balaban J connectivity index is 1.64. The first-order valence-electron chi connectivity index (χ1n) is 9.37. The molecule has 1 saturated heterocycles. The number of fused-ring (bicyclic) bond motifs is 1. The molecule has 1 atom stereocenters. The quantitative estimate of drug-likeness (QED) is 0.709. The fourth-order valence-corrected chi connectivity index (χ4v) is 3.86. The van der Waals surface area contributed by atoms with E-state index in [0.29, 0.717) is 6.61 Å². The Labute approximate surface area is 159 Å². The van der Waals surface area contributed by atoms with Gasteiger partial charge < -0.3 is 14.4 Å². The molecule has 0 bridgehead atoms. The summed E-state index contributed by atoms with van der Waals surface area (Å²) in [6.45, 7) is 9.31. The molecule has 4 rings (SSSR count). The van der Waals surface area contributed by atoms with E-state index < -0.39 is 0 Å². The van der Waals surface area contributed by atoms with Crippen LogP contribution in [0.15, 0.2) is 30.3 Å². The monoisotopic (exact) mass is 366 g/mol. The Morgan fingerprint density at radius 1 is 1.19 bits per heavy atom. The SMILES string of the molecule is COc1cccc2c(N3CCOC(Cn4nc(C)cc4C)C3)cc(C)nc12. The molecule has 1 fully saturated rings. The Bertz CT molecular complexity index is 966. The highest BCUT2D eigenvalue weighted by atomic mass is 16.5. The van der Waals surface area contributed by atoms with Crippen LogP contribution in [0.5, 0.6) is 5.75 Å². The first-order valence-corrected chi connectivity index (χ1v) is 9.37. The molecule has 0 amide bonds. The molecule has 1 aromatic carbocycles. The predicted molar refractivity (Wildman–Crippen MR) is 107 cm³/mol. The molecule has 0 radical (unpaired) electrons. The van der Waals surface area contributed by atoms with E-state index in [1.807, 2.05) is 30.7 Å². The number of hydrogen-bond acceptors (Lipinski definition) is 5. The number of hydrogen-bond donors (Lipinski definition) is 0. The minimum atomic E-state index is 0.103. The lowest BCUT2D eigenvalue weighted by Crippen LogP contribution is -2.44. The average molecular weight is 366 g/mol. The van der Waals surface area contributed by atoms with E-state index in [2.05, 4.69) is 35.1 Å². The number of methoxy groups -OCH3 is 1.